The molecule has 0 saturated heterocycles. The molecular weight excluding hydrogens is 376 g/mol. The molecular formula is C24H28N4O2. The number of nitrogens with zero attached hydrogens (tertiary/aromatic N) is 3. The summed E-state index contributed by atoms with van der Waals surface area (Å²) in [6.45, 7) is 6.48. The number of amides is 2. The third-order valence-electron chi connectivity index (χ3n) is 5.16. The van der Waals surface area contributed by atoms with E-state index in [4.69, 9.17) is 0 Å². The molecule has 0 saturated carbocycles. The first-order valence-corrected chi connectivity index (χ1v) is 10.1. The lowest BCUT2D eigenvalue weighted by atomic mass is 10.1. The molecule has 156 valence electrons. The van der Waals surface area contributed by atoms with Crippen LogP contribution in [0.25, 0.3) is 0 Å². The highest BCUT2D eigenvalue weighted by molar-refractivity contribution is 6.00. The highest BCUT2D eigenvalue weighted by Crippen LogP contribution is 2.19. The van der Waals surface area contributed by atoms with Gasteiger partial charge in [0.05, 0.1) is 30.5 Å². The number of aryl methyl sites for hydroxylation is 2. The Bertz CT molecular complexity index is 1020. The number of nitrogens with one attached hydrogen (secondary N) is 1. The van der Waals surface area contributed by atoms with Gasteiger partial charge < -0.3 is 10.2 Å². The Morgan fingerprint density at radius 2 is 1.70 bits per heavy atom. The number of rotatable bonds is 7. The molecule has 30 heavy (non-hydrogen) atoms. The molecule has 3 rings (SSSR count). The third-order valence-corrected chi connectivity index (χ3v) is 5.16. The summed E-state index contributed by atoms with van der Waals surface area (Å²) >= 11 is 0. The molecule has 6 heteroatoms. The van der Waals surface area contributed by atoms with E-state index in [1.165, 1.54) is 4.90 Å². The molecule has 3 aromatic rings. The number of benzene rings is 2. The van der Waals surface area contributed by atoms with Crippen LogP contribution in [0.15, 0.2) is 54.7 Å². The zero-order valence-electron chi connectivity index (χ0n) is 18.0. The monoisotopic (exact) mass is 404 g/mol. The van der Waals surface area contributed by atoms with Crippen molar-refractivity contribution in [1.82, 2.24) is 14.7 Å². The molecule has 1 aromatic heterocycles. The highest BCUT2D eigenvalue weighted by Gasteiger charge is 2.21. The van der Waals surface area contributed by atoms with Crippen LogP contribution < -0.4 is 5.32 Å². The minimum atomic E-state index is -0.224. The second-order valence-electron chi connectivity index (χ2n) is 7.48. The first kappa shape index (κ1) is 21.3. The van der Waals surface area contributed by atoms with Crippen LogP contribution in [0.2, 0.25) is 0 Å². The van der Waals surface area contributed by atoms with Gasteiger partial charge in [-0.05, 0) is 37.0 Å². The number of anilines is 1. The standard InChI is InChI=1S/C24H28N4O2/c1-5-21-20(14-25-28(21)15-19-12-7-6-8-13-19)24(30)27(4)16-22(29)26-23-17(2)10-9-11-18(23)3/h6-14H,5,15-16H2,1-4H3,(H,26,29). The van der Waals surface area contributed by atoms with E-state index in [9.17, 15) is 9.59 Å². The van der Waals surface area contributed by atoms with Gasteiger partial charge in [0.15, 0.2) is 0 Å². The molecule has 0 fully saturated rings. The summed E-state index contributed by atoms with van der Waals surface area (Å²) in [4.78, 5) is 27.0. The van der Waals surface area contributed by atoms with Gasteiger partial charge in [-0.3, -0.25) is 14.3 Å². The first-order valence-electron chi connectivity index (χ1n) is 10.1. The summed E-state index contributed by atoms with van der Waals surface area (Å²) in [5, 5.41) is 7.35. The quantitative estimate of drug-likeness (QED) is 0.651. The molecule has 2 aromatic carbocycles. The fourth-order valence-corrected chi connectivity index (χ4v) is 3.54. The Morgan fingerprint density at radius 1 is 1.03 bits per heavy atom. The molecule has 0 spiro atoms. The molecule has 1 heterocycles. The predicted molar refractivity (Wildman–Crippen MR) is 119 cm³/mol. The maximum atomic E-state index is 13.0. The molecule has 0 aliphatic heterocycles. The normalized spacial score (nSPS) is 10.7. The van der Waals surface area contributed by atoms with Crippen molar-refractivity contribution in [2.24, 2.45) is 0 Å². The predicted octanol–water partition coefficient (Wildman–Crippen LogP) is 3.82. The van der Waals surface area contributed by atoms with Gasteiger partial charge in [-0.15, -0.1) is 0 Å². The van der Waals surface area contributed by atoms with Crippen LogP contribution in [0.1, 0.15) is 39.7 Å². The minimum Gasteiger partial charge on any atom is -0.332 e. The number of para-hydroxylation sites is 1. The van der Waals surface area contributed by atoms with E-state index in [0.717, 1.165) is 28.1 Å². The molecule has 0 aliphatic carbocycles. The zero-order chi connectivity index (χ0) is 21.7. The van der Waals surface area contributed by atoms with Crippen molar-refractivity contribution in [2.75, 3.05) is 18.9 Å². The zero-order valence-corrected chi connectivity index (χ0v) is 18.0. The Balaban J connectivity index is 1.70. The van der Waals surface area contributed by atoms with Crippen LogP contribution in [0.5, 0.6) is 0 Å². The van der Waals surface area contributed by atoms with Gasteiger partial charge in [0.2, 0.25) is 5.91 Å². The lowest BCUT2D eigenvalue weighted by Gasteiger charge is -2.18. The maximum absolute atomic E-state index is 13.0. The number of carbonyl (C=O) groups is 2. The van der Waals surface area contributed by atoms with Crippen molar-refractivity contribution in [3.63, 3.8) is 0 Å². The smallest absolute Gasteiger partial charge is 0.257 e. The van der Waals surface area contributed by atoms with Gasteiger partial charge >= 0.3 is 0 Å². The van der Waals surface area contributed by atoms with E-state index in [-0.39, 0.29) is 18.4 Å². The molecule has 0 unspecified atom stereocenters. The van der Waals surface area contributed by atoms with Gasteiger partial charge in [0.1, 0.15) is 0 Å². The molecule has 6 nitrogen and oxygen atoms in total. The Kier molecular flexibility index (Phi) is 6.67. The van der Waals surface area contributed by atoms with E-state index < -0.39 is 0 Å². The number of hydrogen-bond donors (Lipinski definition) is 1. The minimum absolute atomic E-state index is 0.0281. The van der Waals surface area contributed by atoms with Crippen LogP contribution in [0.3, 0.4) is 0 Å². The summed E-state index contributed by atoms with van der Waals surface area (Å²) in [5.74, 6) is -0.430. The second kappa shape index (κ2) is 9.39. The maximum Gasteiger partial charge on any atom is 0.257 e. The topological polar surface area (TPSA) is 67.2 Å². The van der Waals surface area contributed by atoms with Crippen LogP contribution in [-0.4, -0.2) is 40.1 Å². The van der Waals surface area contributed by atoms with E-state index in [1.54, 1.807) is 13.2 Å². The van der Waals surface area contributed by atoms with Gasteiger partial charge in [-0.25, -0.2) is 0 Å². The fraction of sp³-hybridized carbons (Fsp3) is 0.292. The van der Waals surface area contributed by atoms with E-state index in [2.05, 4.69) is 10.4 Å². The number of hydrogen-bond acceptors (Lipinski definition) is 3. The molecule has 2 amide bonds. The summed E-state index contributed by atoms with van der Waals surface area (Å²) < 4.78 is 1.85. The Hall–Kier alpha value is -3.41. The van der Waals surface area contributed by atoms with E-state index in [0.29, 0.717) is 18.5 Å². The number of carbonyl (C=O) groups excluding carboxylic acids is 2. The van der Waals surface area contributed by atoms with Crippen molar-refractivity contribution >= 4 is 17.5 Å². The summed E-state index contributed by atoms with van der Waals surface area (Å²) in [6, 6.07) is 15.9. The molecule has 0 aliphatic rings. The second-order valence-corrected chi connectivity index (χ2v) is 7.48. The van der Waals surface area contributed by atoms with Crippen LogP contribution in [0, 0.1) is 13.8 Å². The van der Waals surface area contributed by atoms with Crippen molar-refractivity contribution in [3.8, 4) is 0 Å². The fourth-order valence-electron chi connectivity index (χ4n) is 3.54. The van der Waals surface area contributed by atoms with Crippen molar-refractivity contribution in [3.05, 3.63) is 82.7 Å². The van der Waals surface area contributed by atoms with Crippen LogP contribution in [-0.2, 0) is 17.8 Å². The molecule has 0 bridgehead atoms. The van der Waals surface area contributed by atoms with Gasteiger partial charge in [-0.1, -0.05) is 55.5 Å². The van der Waals surface area contributed by atoms with Crippen molar-refractivity contribution in [2.45, 2.75) is 33.7 Å². The Labute approximate surface area is 177 Å². The molecule has 0 atom stereocenters. The molecule has 0 radical (unpaired) electrons. The van der Waals surface area contributed by atoms with Crippen LogP contribution in [0.4, 0.5) is 5.69 Å². The summed E-state index contributed by atoms with van der Waals surface area (Å²) in [7, 11) is 1.64. The van der Waals surface area contributed by atoms with Gasteiger partial charge in [0, 0.05) is 12.7 Å². The van der Waals surface area contributed by atoms with Crippen molar-refractivity contribution < 1.29 is 9.59 Å². The Morgan fingerprint density at radius 3 is 2.33 bits per heavy atom. The number of likely N-dealkylation sites (N-methyl/N-ethyl adjacent to an activating group) is 1. The third kappa shape index (κ3) is 4.76. The summed E-state index contributed by atoms with van der Waals surface area (Å²) in [6.07, 6.45) is 2.28. The summed E-state index contributed by atoms with van der Waals surface area (Å²) in [5.41, 5.74) is 5.31. The lowest BCUT2D eigenvalue weighted by Crippen LogP contribution is -2.35. The van der Waals surface area contributed by atoms with Gasteiger partial charge in [-0.2, -0.15) is 5.10 Å². The largest absolute Gasteiger partial charge is 0.332 e. The van der Waals surface area contributed by atoms with E-state index >= 15 is 0 Å². The average Bonchev–Trinajstić information content (AvgIpc) is 3.13. The van der Waals surface area contributed by atoms with Crippen LogP contribution >= 0.6 is 0 Å². The van der Waals surface area contributed by atoms with E-state index in [1.807, 2.05) is 74.0 Å². The molecule has 1 N–H and O–H groups in total. The van der Waals surface area contributed by atoms with Gasteiger partial charge in [0.25, 0.3) is 5.91 Å². The number of aromatic nitrogens is 2. The highest BCUT2D eigenvalue weighted by atomic mass is 16.2. The lowest BCUT2D eigenvalue weighted by molar-refractivity contribution is -0.116. The SMILES string of the molecule is CCc1c(C(=O)N(C)CC(=O)Nc2c(C)cccc2C)cnn1Cc1ccccc1. The van der Waals surface area contributed by atoms with Crippen molar-refractivity contribution in [1.29, 1.82) is 0 Å². The average molecular weight is 405 g/mol. The first-order chi connectivity index (χ1) is 14.4.